The lowest BCUT2D eigenvalue weighted by molar-refractivity contribution is -0.135. The number of piperazine rings is 1. The van der Waals surface area contributed by atoms with E-state index in [1.165, 1.54) is 29.7 Å². The molecule has 2 aliphatic heterocycles. The minimum atomic E-state index is -0.211. The first-order chi connectivity index (χ1) is 14.8. The Morgan fingerprint density at radius 1 is 1.29 bits per heavy atom. The number of hydrogen-bond donors (Lipinski definition) is 1. The second kappa shape index (κ2) is 8.94. The second-order valence-electron chi connectivity index (χ2n) is 9.91. The molecule has 3 aliphatic rings. The Bertz CT molecular complexity index is 822. The summed E-state index contributed by atoms with van der Waals surface area (Å²) in [5, 5.41) is 0. The van der Waals surface area contributed by atoms with Gasteiger partial charge in [0.25, 0.3) is 0 Å². The van der Waals surface area contributed by atoms with E-state index in [1.807, 2.05) is 4.90 Å². The van der Waals surface area contributed by atoms with Gasteiger partial charge in [-0.25, -0.2) is 4.98 Å². The molecule has 0 bridgehead atoms. The minimum Gasteiger partial charge on any atom is -0.395 e. The standard InChI is InChI=1S/C24H38N4O3/c1-5-6-17-14-27(10-11-28(17)20(29)9-12-30-4)23-21(25)18-13-24(2,3)31-15-19(18)22(26-23)16-7-8-16/h16-17H,5-15,25H2,1-4H3/t17-/m1/s1. The fourth-order valence-corrected chi connectivity index (χ4v) is 5.03. The minimum absolute atomic E-state index is 0.184. The Morgan fingerprint density at radius 2 is 2.06 bits per heavy atom. The van der Waals surface area contributed by atoms with Crippen LogP contribution in [0.2, 0.25) is 0 Å². The molecule has 0 unspecified atom stereocenters. The number of aromatic nitrogens is 1. The van der Waals surface area contributed by atoms with E-state index in [-0.39, 0.29) is 17.6 Å². The van der Waals surface area contributed by atoms with Crippen LogP contribution in [0.3, 0.4) is 0 Å². The lowest BCUT2D eigenvalue weighted by Crippen LogP contribution is -2.55. The van der Waals surface area contributed by atoms with Crippen LogP contribution in [0.25, 0.3) is 0 Å². The average Bonchev–Trinajstić information content (AvgIpc) is 3.57. The number of ether oxygens (including phenoxy) is 2. The predicted molar refractivity (Wildman–Crippen MR) is 122 cm³/mol. The fraction of sp³-hybridized carbons (Fsp3) is 0.750. The van der Waals surface area contributed by atoms with Gasteiger partial charge in [-0.15, -0.1) is 0 Å². The SMILES string of the molecule is CCC[C@@H]1CN(c2nc(C3CC3)c3c(c2N)CC(C)(C)OC3)CCN1C(=O)CCOC. The van der Waals surface area contributed by atoms with Gasteiger partial charge in [-0.2, -0.15) is 0 Å². The maximum atomic E-state index is 12.7. The fourth-order valence-electron chi connectivity index (χ4n) is 5.03. The number of nitrogen functional groups attached to an aromatic ring is 1. The number of hydrogen-bond acceptors (Lipinski definition) is 6. The zero-order valence-electron chi connectivity index (χ0n) is 19.6. The molecular weight excluding hydrogens is 392 g/mol. The van der Waals surface area contributed by atoms with Gasteiger partial charge in [0, 0.05) is 50.7 Å². The van der Waals surface area contributed by atoms with Crippen LogP contribution in [0, 0.1) is 0 Å². The van der Waals surface area contributed by atoms with Crippen LogP contribution in [0.4, 0.5) is 11.5 Å². The number of nitrogens with zero attached hydrogens (tertiary/aromatic N) is 3. The molecule has 3 heterocycles. The van der Waals surface area contributed by atoms with Crippen LogP contribution >= 0.6 is 0 Å². The molecule has 1 saturated carbocycles. The smallest absolute Gasteiger partial charge is 0.225 e. The van der Waals surface area contributed by atoms with Crippen LogP contribution in [0.1, 0.15) is 75.6 Å². The van der Waals surface area contributed by atoms with Gasteiger partial charge in [-0.1, -0.05) is 13.3 Å². The Hall–Kier alpha value is -1.86. The van der Waals surface area contributed by atoms with E-state index in [1.54, 1.807) is 7.11 Å². The molecule has 1 aromatic rings. The summed E-state index contributed by atoms with van der Waals surface area (Å²) in [6.07, 6.45) is 5.68. The largest absolute Gasteiger partial charge is 0.395 e. The van der Waals surface area contributed by atoms with Crippen LogP contribution in [0.15, 0.2) is 0 Å². The third-order valence-electron chi connectivity index (χ3n) is 6.88. The number of anilines is 2. The highest BCUT2D eigenvalue weighted by atomic mass is 16.5. The lowest BCUT2D eigenvalue weighted by atomic mass is 9.89. The van der Waals surface area contributed by atoms with E-state index >= 15 is 0 Å². The summed E-state index contributed by atoms with van der Waals surface area (Å²) in [4.78, 5) is 22.2. The summed E-state index contributed by atoms with van der Waals surface area (Å²) in [5.74, 6) is 1.65. The number of carbonyl (C=O) groups excluding carboxylic acids is 1. The van der Waals surface area contributed by atoms with Gasteiger partial charge < -0.3 is 25.0 Å². The van der Waals surface area contributed by atoms with Crippen LogP contribution in [0.5, 0.6) is 0 Å². The maximum Gasteiger partial charge on any atom is 0.225 e. The van der Waals surface area contributed by atoms with Gasteiger partial charge in [-0.3, -0.25) is 4.79 Å². The zero-order valence-corrected chi connectivity index (χ0v) is 19.6. The summed E-state index contributed by atoms with van der Waals surface area (Å²) in [7, 11) is 1.64. The molecule has 7 nitrogen and oxygen atoms in total. The summed E-state index contributed by atoms with van der Waals surface area (Å²) < 4.78 is 11.2. The number of nitrogens with two attached hydrogens (primary N) is 1. The molecule has 1 aromatic heterocycles. The molecule has 0 radical (unpaired) electrons. The number of fused-ring (bicyclic) bond motifs is 1. The highest BCUT2D eigenvalue weighted by Crippen LogP contribution is 2.46. The number of methoxy groups -OCH3 is 1. The third-order valence-corrected chi connectivity index (χ3v) is 6.88. The summed E-state index contributed by atoms with van der Waals surface area (Å²) in [5.41, 5.74) is 11.0. The predicted octanol–water partition coefficient (Wildman–Crippen LogP) is 3.25. The Balaban J connectivity index is 1.62. The van der Waals surface area contributed by atoms with Gasteiger partial charge in [0.15, 0.2) is 5.82 Å². The summed E-state index contributed by atoms with van der Waals surface area (Å²) in [6, 6.07) is 0.185. The zero-order chi connectivity index (χ0) is 22.2. The van der Waals surface area contributed by atoms with Crippen molar-refractivity contribution in [2.45, 2.75) is 83.5 Å². The molecule has 31 heavy (non-hydrogen) atoms. The highest BCUT2D eigenvalue weighted by Gasteiger charge is 2.38. The number of rotatable bonds is 7. The first kappa shape index (κ1) is 22.3. The Labute approximate surface area is 186 Å². The molecule has 2 N–H and O–H groups in total. The molecule has 7 heteroatoms. The van der Waals surface area contributed by atoms with Crippen LogP contribution < -0.4 is 10.6 Å². The van der Waals surface area contributed by atoms with Crippen molar-refractivity contribution in [1.82, 2.24) is 9.88 Å². The van der Waals surface area contributed by atoms with Gasteiger partial charge in [0.05, 0.1) is 36.6 Å². The molecule has 1 atom stereocenters. The number of pyridine rings is 1. The molecular formula is C24H38N4O3. The van der Waals surface area contributed by atoms with Crippen molar-refractivity contribution < 1.29 is 14.3 Å². The molecule has 0 spiro atoms. The first-order valence-corrected chi connectivity index (χ1v) is 11.8. The molecule has 1 amide bonds. The summed E-state index contributed by atoms with van der Waals surface area (Å²) >= 11 is 0. The quantitative estimate of drug-likeness (QED) is 0.715. The highest BCUT2D eigenvalue weighted by molar-refractivity contribution is 5.77. The van der Waals surface area contributed by atoms with Gasteiger partial charge >= 0.3 is 0 Å². The van der Waals surface area contributed by atoms with E-state index in [0.29, 0.717) is 32.1 Å². The second-order valence-corrected chi connectivity index (χ2v) is 9.91. The molecule has 0 aromatic carbocycles. The van der Waals surface area contributed by atoms with E-state index in [0.717, 1.165) is 43.9 Å². The molecule has 4 rings (SSSR count). The first-order valence-electron chi connectivity index (χ1n) is 11.8. The van der Waals surface area contributed by atoms with E-state index in [2.05, 4.69) is 25.7 Å². The number of amides is 1. The lowest BCUT2D eigenvalue weighted by Gasteiger charge is -2.43. The molecule has 1 aliphatic carbocycles. The van der Waals surface area contributed by atoms with Crippen molar-refractivity contribution in [2.75, 3.05) is 44.0 Å². The van der Waals surface area contributed by atoms with E-state index in [4.69, 9.17) is 20.2 Å². The monoisotopic (exact) mass is 430 g/mol. The normalized spacial score (nSPS) is 23.0. The summed E-state index contributed by atoms with van der Waals surface area (Å²) in [6.45, 7) is 9.77. The van der Waals surface area contributed by atoms with Gasteiger partial charge in [0.1, 0.15) is 0 Å². The van der Waals surface area contributed by atoms with Crippen molar-refractivity contribution >= 4 is 17.4 Å². The molecule has 2 fully saturated rings. The van der Waals surface area contributed by atoms with Crippen molar-refractivity contribution in [3.05, 3.63) is 16.8 Å². The molecule has 172 valence electrons. The van der Waals surface area contributed by atoms with Crippen LogP contribution in [-0.2, 0) is 27.3 Å². The third kappa shape index (κ3) is 4.67. The maximum absolute atomic E-state index is 12.7. The van der Waals surface area contributed by atoms with E-state index < -0.39 is 0 Å². The average molecular weight is 431 g/mol. The Morgan fingerprint density at radius 3 is 2.74 bits per heavy atom. The topological polar surface area (TPSA) is 80.9 Å². The van der Waals surface area contributed by atoms with E-state index in [9.17, 15) is 4.79 Å². The Kier molecular flexibility index (Phi) is 6.44. The van der Waals surface area contributed by atoms with Crippen LogP contribution in [-0.4, -0.2) is 60.8 Å². The number of carbonyl (C=O) groups is 1. The van der Waals surface area contributed by atoms with Crippen molar-refractivity contribution in [3.63, 3.8) is 0 Å². The van der Waals surface area contributed by atoms with Crippen molar-refractivity contribution in [2.24, 2.45) is 0 Å². The van der Waals surface area contributed by atoms with Crippen molar-refractivity contribution in [3.8, 4) is 0 Å². The molecule has 1 saturated heterocycles. The van der Waals surface area contributed by atoms with Crippen molar-refractivity contribution in [1.29, 1.82) is 0 Å². The van der Waals surface area contributed by atoms with Gasteiger partial charge in [-0.05, 0) is 38.7 Å². The van der Waals surface area contributed by atoms with Gasteiger partial charge in [0.2, 0.25) is 5.91 Å².